The summed E-state index contributed by atoms with van der Waals surface area (Å²) in [6, 6.07) is 17.1. The summed E-state index contributed by atoms with van der Waals surface area (Å²) in [6.07, 6.45) is 2.49. The Bertz CT molecular complexity index is 1590. The third kappa shape index (κ3) is 5.92. The first kappa shape index (κ1) is 27.9. The number of nitrogens with one attached hydrogen (secondary N) is 2. The summed E-state index contributed by atoms with van der Waals surface area (Å²) in [5.74, 6) is -1.12. The highest BCUT2D eigenvalue weighted by molar-refractivity contribution is 6.39. The molecule has 2 N–H and O–H groups in total. The molecular weight excluding hydrogens is 527 g/mol. The van der Waals surface area contributed by atoms with Crippen LogP contribution in [0, 0.1) is 5.82 Å². The molecule has 0 radical (unpaired) electrons. The van der Waals surface area contributed by atoms with E-state index in [-0.39, 0.29) is 24.0 Å². The third-order valence-corrected chi connectivity index (χ3v) is 7.21. The van der Waals surface area contributed by atoms with Crippen LogP contribution in [0.4, 0.5) is 10.1 Å². The number of likely N-dealkylation sites (N-methyl/N-ethyl adjacent to an activating group) is 1. The molecule has 1 atom stereocenters. The SMILES string of the molecule is CCN1CCc2ccccc2C1CNC(=O)C(=O)Nc1ccc(Oc2ccnc3cc(OC)c(OC)cc23)c(F)c1. The molecule has 5 rings (SSSR count). The summed E-state index contributed by atoms with van der Waals surface area (Å²) in [6.45, 7) is 4.06. The van der Waals surface area contributed by atoms with Gasteiger partial charge in [-0.1, -0.05) is 31.2 Å². The predicted molar refractivity (Wildman–Crippen MR) is 153 cm³/mol. The molecule has 2 amide bonds. The minimum atomic E-state index is -0.883. The number of ether oxygens (including phenoxy) is 3. The van der Waals surface area contributed by atoms with Gasteiger partial charge in [-0.15, -0.1) is 0 Å². The monoisotopic (exact) mass is 558 g/mol. The highest BCUT2D eigenvalue weighted by atomic mass is 19.1. The zero-order valence-electron chi connectivity index (χ0n) is 23.1. The molecule has 0 saturated carbocycles. The zero-order valence-corrected chi connectivity index (χ0v) is 23.1. The first-order valence-corrected chi connectivity index (χ1v) is 13.3. The molecule has 9 nitrogen and oxygen atoms in total. The Balaban J connectivity index is 1.25. The minimum Gasteiger partial charge on any atom is -0.493 e. The number of rotatable bonds is 8. The molecule has 1 aliphatic rings. The summed E-state index contributed by atoms with van der Waals surface area (Å²) in [5, 5.41) is 5.80. The van der Waals surface area contributed by atoms with E-state index in [0.29, 0.717) is 28.2 Å². The number of hydrogen-bond acceptors (Lipinski definition) is 7. The van der Waals surface area contributed by atoms with E-state index in [1.807, 2.05) is 12.1 Å². The number of pyridine rings is 1. The van der Waals surface area contributed by atoms with Crippen LogP contribution in [-0.4, -0.2) is 55.6 Å². The average Bonchev–Trinajstić information content (AvgIpc) is 3.00. The van der Waals surface area contributed by atoms with E-state index in [1.165, 1.54) is 31.9 Å². The van der Waals surface area contributed by atoms with Crippen LogP contribution in [0.15, 0.2) is 66.9 Å². The largest absolute Gasteiger partial charge is 0.493 e. The van der Waals surface area contributed by atoms with Crippen molar-refractivity contribution in [3.05, 3.63) is 83.8 Å². The van der Waals surface area contributed by atoms with Crippen molar-refractivity contribution in [3.63, 3.8) is 0 Å². The van der Waals surface area contributed by atoms with Crippen LogP contribution in [0.5, 0.6) is 23.0 Å². The van der Waals surface area contributed by atoms with Gasteiger partial charge in [0.05, 0.1) is 25.8 Å². The zero-order chi connectivity index (χ0) is 28.9. The Morgan fingerprint density at radius 3 is 2.51 bits per heavy atom. The molecule has 212 valence electrons. The van der Waals surface area contributed by atoms with Crippen molar-refractivity contribution in [2.45, 2.75) is 19.4 Å². The van der Waals surface area contributed by atoms with Gasteiger partial charge < -0.3 is 24.8 Å². The van der Waals surface area contributed by atoms with Crippen molar-refractivity contribution in [2.75, 3.05) is 39.2 Å². The number of benzene rings is 3. The topological polar surface area (TPSA) is 102 Å². The van der Waals surface area contributed by atoms with Gasteiger partial charge in [-0.25, -0.2) is 4.39 Å². The van der Waals surface area contributed by atoms with Crippen molar-refractivity contribution < 1.29 is 28.2 Å². The van der Waals surface area contributed by atoms with E-state index in [1.54, 1.807) is 24.4 Å². The lowest BCUT2D eigenvalue weighted by Gasteiger charge is -2.36. The minimum absolute atomic E-state index is 0.0269. The van der Waals surface area contributed by atoms with E-state index in [9.17, 15) is 9.59 Å². The molecule has 1 aromatic heterocycles. The van der Waals surface area contributed by atoms with E-state index >= 15 is 4.39 Å². The highest BCUT2D eigenvalue weighted by Crippen LogP contribution is 2.37. The van der Waals surface area contributed by atoms with Crippen molar-refractivity contribution in [2.24, 2.45) is 0 Å². The number of aromatic nitrogens is 1. The lowest BCUT2D eigenvalue weighted by Crippen LogP contribution is -2.44. The van der Waals surface area contributed by atoms with Crippen LogP contribution in [0.1, 0.15) is 24.1 Å². The first-order chi connectivity index (χ1) is 19.9. The van der Waals surface area contributed by atoms with Gasteiger partial charge >= 0.3 is 11.8 Å². The number of hydrogen-bond donors (Lipinski definition) is 2. The van der Waals surface area contributed by atoms with Crippen LogP contribution < -0.4 is 24.8 Å². The average molecular weight is 559 g/mol. The Labute approximate surface area is 237 Å². The number of halogens is 1. The van der Waals surface area contributed by atoms with Gasteiger partial charge in [0.15, 0.2) is 23.1 Å². The molecule has 2 heterocycles. The van der Waals surface area contributed by atoms with Crippen molar-refractivity contribution in [3.8, 4) is 23.0 Å². The highest BCUT2D eigenvalue weighted by Gasteiger charge is 2.27. The van der Waals surface area contributed by atoms with Crippen LogP contribution >= 0.6 is 0 Å². The van der Waals surface area contributed by atoms with Gasteiger partial charge in [0.2, 0.25) is 0 Å². The van der Waals surface area contributed by atoms with Gasteiger partial charge in [0, 0.05) is 42.5 Å². The second kappa shape index (κ2) is 12.2. The molecule has 0 aliphatic carbocycles. The lowest BCUT2D eigenvalue weighted by atomic mass is 9.92. The fourth-order valence-electron chi connectivity index (χ4n) is 5.09. The molecule has 0 bridgehead atoms. The van der Waals surface area contributed by atoms with E-state index in [0.717, 1.165) is 31.1 Å². The molecule has 1 unspecified atom stereocenters. The fraction of sp³-hybridized carbons (Fsp3) is 0.258. The van der Waals surface area contributed by atoms with Crippen LogP contribution in [0.2, 0.25) is 0 Å². The molecule has 0 fully saturated rings. The number of fused-ring (bicyclic) bond motifs is 2. The van der Waals surface area contributed by atoms with Gasteiger partial charge in [0.1, 0.15) is 5.75 Å². The summed E-state index contributed by atoms with van der Waals surface area (Å²) in [4.78, 5) is 31.8. The summed E-state index contributed by atoms with van der Waals surface area (Å²) in [5.41, 5.74) is 3.10. The summed E-state index contributed by atoms with van der Waals surface area (Å²) in [7, 11) is 3.04. The van der Waals surface area contributed by atoms with Gasteiger partial charge in [-0.05, 0) is 48.4 Å². The Morgan fingerprint density at radius 2 is 1.76 bits per heavy atom. The Morgan fingerprint density at radius 1 is 0.976 bits per heavy atom. The smallest absolute Gasteiger partial charge is 0.313 e. The lowest BCUT2D eigenvalue weighted by molar-refractivity contribution is -0.136. The predicted octanol–water partition coefficient (Wildman–Crippen LogP) is 4.86. The van der Waals surface area contributed by atoms with Crippen molar-refractivity contribution >= 4 is 28.4 Å². The molecule has 3 aromatic carbocycles. The number of carbonyl (C=O) groups is 2. The molecule has 41 heavy (non-hydrogen) atoms. The van der Waals surface area contributed by atoms with Crippen LogP contribution in [-0.2, 0) is 16.0 Å². The molecular formula is C31H31FN4O5. The standard InChI is InChI=1S/C31H31FN4O5/c1-4-36-14-12-19-7-5-6-8-21(19)25(36)18-34-30(37)31(38)35-20-9-10-27(23(32)15-20)41-26-11-13-33-24-17-29(40-3)28(39-2)16-22(24)26/h5-11,13,15-17,25H,4,12,14,18H2,1-3H3,(H,34,37)(H,35,38). The second-order valence-electron chi connectivity index (χ2n) is 9.54. The quantitative estimate of drug-likeness (QED) is 0.298. The first-order valence-electron chi connectivity index (χ1n) is 13.3. The fourth-order valence-corrected chi connectivity index (χ4v) is 5.09. The number of amides is 2. The number of nitrogens with zero attached hydrogens (tertiary/aromatic N) is 2. The number of anilines is 1. The molecule has 10 heteroatoms. The third-order valence-electron chi connectivity index (χ3n) is 7.21. The molecule has 0 saturated heterocycles. The molecule has 0 spiro atoms. The van der Waals surface area contributed by atoms with E-state index in [2.05, 4.69) is 39.6 Å². The maximum absolute atomic E-state index is 15.0. The van der Waals surface area contributed by atoms with Crippen LogP contribution in [0.3, 0.4) is 0 Å². The molecule has 4 aromatic rings. The Hall–Kier alpha value is -4.70. The van der Waals surface area contributed by atoms with Crippen LogP contribution in [0.25, 0.3) is 10.9 Å². The van der Waals surface area contributed by atoms with Crippen molar-refractivity contribution in [1.82, 2.24) is 15.2 Å². The number of carbonyl (C=O) groups excluding carboxylic acids is 2. The number of methoxy groups -OCH3 is 2. The van der Waals surface area contributed by atoms with E-state index < -0.39 is 17.6 Å². The summed E-state index contributed by atoms with van der Waals surface area (Å²) < 4.78 is 31.6. The maximum atomic E-state index is 15.0. The Kier molecular flexibility index (Phi) is 8.30. The van der Waals surface area contributed by atoms with E-state index in [4.69, 9.17) is 14.2 Å². The maximum Gasteiger partial charge on any atom is 0.313 e. The second-order valence-corrected chi connectivity index (χ2v) is 9.54. The van der Waals surface area contributed by atoms with Gasteiger partial charge in [-0.2, -0.15) is 0 Å². The van der Waals surface area contributed by atoms with Gasteiger partial charge in [0.25, 0.3) is 0 Å². The summed E-state index contributed by atoms with van der Waals surface area (Å²) >= 11 is 0. The molecule has 1 aliphatic heterocycles. The normalized spacial score (nSPS) is 14.7. The van der Waals surface area contributed by atoms with Gasteiger partial charge in [-0.3, -0.25) is 19.5 Å². The van der Waals surface area contributed by atoms with Crippen molar-refractivity contribution in [1.29, 1.82) is 0 Å².